The van der Waals surface area contributed by atoms with Crippen LogP contribution in [0.4, 0.5) is 5.13 Å². The Balaban J connectivity index is 1.85. The molecule has 1 amide bonds. The van der Waals surface area contributed by atoms with Crippen molar-refractivity contribution in [2.24, 2.45) is 0 Å². The molecule has 0 unspecified atom stereocenters. The molecule has 0 atom stereocenters. The van der Waals surface area contributed by atoms with Crippen molar-refractivity contribution >= 4 is 22.4 Å². The van der Waals surface area contributed by atoms with Crippen molar-refractivity contribution in [1.82, 2.24) is 10.2 Å². The maximum Gasteiger partial charge on any atom is 0.226 e. The summed E-state index contributed by atoms with van der Waals surface area (Å²) in [5.41, 5.74) is 2.64. The smallest absolute Gasteiger partial charge is 0.226 e. The summed E-state index contributed by atoms with van der Waals surface area (Å²) in [5.74, 6) is -0.0151. The monoisotopic (exact) mass is 317 g/mol. The Morgan fingerprint density at radius 3 is 2.41 bits per heavy atom. The van der Waals surface area contributed by atoms with E-state index in [1.165, 1.54) is 22.5 Å². The molecular weight excluding hydrogens is 294 g/mol. The normalized spacial score (nSPS) is 11.5. The van der Waals surface area contributed by atoms with Gasteiger partial charge in [0, 0.05) is 6.42 Å². The van der Waals surface area contributed by atoms with Crippen molar-refractivity contribution in [3.8, 4) is 0 Å². The number of aromatic nitrogens is 2. The molecule has 0 saturated heterocycles. The van der Waals surface area contributed by atoms with E-state index in [4.69, 9.17) is 0 Å². The minimum absolute atomic E-state index is 0.0151. The number of nitrogens with zero attached hydrogens (tertiary/aromatic N) is 2. The zero-order chi connectivity index (χ0) is 16.2. The standard InChI is InChI=1S/C17H23N3OS/c1-5-15-19-20-16(22-15)18-14(21)11-8-12-6-9-13(10-7-12)17(2,3)4/h6-7,9-10H,5,8,11H2,1-4H3,(H,18,20,21). The third-order valence-corrected chi connectivity index (χ3v) is 4.46. The summed E-state index contributed by atoms with van der Waals surface area (Å²) in [5, 5.41) is 12.3. The first-order valence-electron chi connectivity index (χ1n) is 7.60. The Morgan fingerprint density at radius 2 is 1.86 bits per heavy atom. The summed E-state index contributed by atoms with van der Waals surface area (Å²) in [6.07, 6.45) is 2.03. The summed E-state index contributed by atoms with van der Waals surface area (Å²) in [4.78, 5) is 11.9. The molecule has 1 heterocycles. The predicted octanol–water partition coefficient (Wildman–Crippen LogP) is 3.97. The van der Waals surface area contributed by atoms with E-state index < -0.39 is 0 Å². The Labute approximate surface area is 136 Å². The SMILES string of the molecule is CCc1nnc(NC(=O)CCc2ccc(C(C)(C)C)cc2)s1. The molecule has 1 aromatic heterocycles. The van der Waals surface area contributed by atoms with E-state index in [1.807, 2.05) is 6.92 Å². The lowest BCUT2D eigenvalue weighted by Crippen LogP contribution is -2.13. The van der Waals surface area contributed by atoms with Gasteiger partial charge < -0.3 is 5.32 Å². The first kappa shape index (κ1) is 16.6. The van der Waals surface area contributed by atoms with Gasteiger partial charge in [0.05, 0.1) is 0 Å². The molecule has 0 aliphatic carbocycles. The highest BCUT2D eigenvalue weighted by atomic mass is 32.1. The molecule has 2 rings (SSSR count). The largest absolute Gasteiger partial charge is 0.301 e. The van der Waals surface area contributed by atoms with E-state index >= 15 is 0 Å². The molecule has 1 N–H and O–H groups in total. The Morgan fingerprint density at radius 1 is 1.18 bits per heavy atom. The molecule has 4 nitrogen and oxygen atoms in total. The lowest BCUT2D eigenvalue weighted by atomic mass is 9.86. The number of rotatable bonds is 5. The summed E-state index contributed by atoms with van der Waals surface area (Å²) >= 11 is 1.43. The minimum Gasteiger partial charge on any atom is -0.301 e. The van der Waals surface area contributed by atoms with E-state index in [0.717, 1.165) is 17.8 Å². The number of nitrogens with one attached hydrogen (secondary N) is 1. The average Bonchev–Trinajstić information content (AvgIpc) is 2.92. The van der Waals surface area contributed by atoms with Gasteiger partial charge in [-0.05, 0) is 29.4 Å². The molecule has 118 valence electrons. The highest BCUT2D eigenvalue weighted by Gasteiger charge is 2.13. The number of benzene rings is 1. The Kier molecular flexibility index (Phi) is 5.29. The van der Waals surface area contributed by atoms with E-state index in [-0.39, 0.29) is 11.3 Å². The van der Waals surface area contributed by atoms with Crippen LogP contribution in [0, 0.1) is 0 Å². The van der Waals surface area contributed by atoms with Gasteiger partial charge in [0.2, 0.25) is 11.0 Å². The van der Waals surface area contributed by atoms with Crippen LogP contribution >= 0.6 is 11.3 Å². The number of carbonyl (C=O) groups is 1. The van der Waals surface area contributed by atoms with Gasteiger partial charge in [0.1, 0.15) is 5.01 Å². The number of hydrogen-bond acceptors (Lipinski definition) is 4. The first-order chi connectivity index (χ1) is 10.4. The summed E-state index contributed by atoms with van der Waals surface area (Å²) in [6.45, 7) is 8.61. The van der Waals surface area contributed by atoms with Crippen molar-refractivity contribution in [1.29, 1.82) is 0 Å². The molecule has 0 spiro atoms. The topological polar surface area (TPSA) is 54.9 Å². The summed E-state index contributed by atoms with van der Waals surface area (Å²) in [6, 6.07) is 8.50. The van der Waals surface area contributed by atoms with Crippen molar-refractivity contribution < 1.29 is 4.79 Å². The van der Waals surface area contributed by atoms with Gasteiger partial charge in [0.25, 0.3) is 0 Å². The quantitative estimate of drug-likeness (QED) is 0.908. The number of hydrogen-bond donors (Lipinski definition) is 1. The zero-order valence-electron chi connectivity index (χ0n) is 13.6. The second kappa shape index (κ2) is 7.01. The van der Waals surface area contributed by atoms with Crippen molar-refractivity contribution in [2.45, 2.75) is 52.4 Å². The van der Waals surface area contributed by atoms with E-state index in [1.54, 1.807) is 0 Å². The van der Waals surface area contributed by atoms with Crippen molar-refractivity contribution in [3.63, 3.8) is 0 Å². The number of amides is 1. The van der Waals surface area contributed by atoms with Crippen LogP contribution in [0.25, 0.3) is 0 Å². The van der Waals surface area contributed by atoms with Gasteiger partial charge in [-0.15, -0.1) is 10.2 Å². The maximum atomic E-state index is 11.9. The fourth-order valence-corrected chi connectivity index (χ4v) is 2.75. The van der Waals surface area contributed by atoms with Gasteiger partial charge in [-0.1, -0.05) is 63.3 Å². The van der Waals surface area contributed by atoms with Gasteiger partial charge in [-0.3, -0.25) is 4.79 Å². The average molecular weight is 317 g/mol. The molecule has 0 aliphatic heterocycles. The van der Waals surface area contributed by atoms with E-state index in [2.05, 4.69) is 60.6 Å². The molecule has 0 bridgehead atoms. The van der Waals surface area contributed by atoms with Crippen LogP contribution in [0.15, 0.2) is 24.3 Å². The molecule has 0 radical (unpaired) electrons. The summed E-state index contributed by atoms with van der Waals surface area (Å²) in [7, 11) is 0. The lowest BCUT2D eigenvalue weighted by Gasteiger charge is -2.19. The molecule has 0 aliphatic rings. The molecule has 2 aromatic rings. The van der Waals surface area contributed by atoms with Gasteiger partial charge >= 0.3 is 0 Å². The van der Waals surface area contributed by atoms with Crippen LogP contribution in [0.5, 0.6) is 0 Å². The highest BCUT2D eigenvalue weighted by Crippen LogP contribution is 2.22. The van der Waals surface area contributed by atoms with Gasteiger partial charge in [-0.25, -0.2) is 0 Å². The van der Waals surface area contributed by atoms with Crippen LogP contribution in [-0.2, 0) is 23.1 Å². The van der Waals surface area contributed by atoms with Crippen LogP contribution in [0.3, 0.4) is 0 Å². The third-order valence-electron chi connectivity index (χ3n) is 3.48. The van der Waals surface area contributed by atoms with Gasteiger partial charge in [0.15, 0.2) is 0 Å². The maximum absolute atomic E-state index is 11.9. The number of aryl methyl sites for hydroxylation is 2. The molecule has 5 heteroatoms. The third kappa shape index (κ3) is 4.63. The van der Waals surface area contributed by atoms with Crippen molar-refractivity contribution in [2.75, 3.05) is 5.32 Å². The Bertz CT molecular complexity index is 626. The van der Waals surface area contributed by atoms with Crippen LogP contribution in [-0.4, -0.2) is 16.1 Å². The summed E-state index contributed by atoms with van der Waals surface area (Å²) < 4.78 is 0. The first-order valence-corrected chi connectivity index (χ1v) is 8.42. The second-order valence-electron chi connectivity index (χ2n) is 6.35. The molecule has 0 fully saturated rings. The fourth-order valence-electron chi connectivity index (χ4n) is 2.06. The lowest BCUT2D eigenvalue weighted by molar-refractivity contribution is -0.116. The second-order valence-corrected chi connectivity index (χ2v) is 7.41. The molecule has 22 heavy (non-hydrogen) atoms. The molecular formula is C17H23N3OS. The highest BCUT2D eigenvalue weighted by molar-refractivity contribution is 7.15. The van der Waals surface area contributed by atoms with Crippen LogP contribution in [0.1, 0.15) is 50.3 Å². The van der Waals surface area contributed by atoms with Gasteiger partial charge in [-0.2, -0.15) is 0 Å². The van der Waals surface area contributed by atoms with E-state index in [9.17, 15) is 4.79 Å². The fraction of sp³-hybridized carbons (Fsp3) is 0.471. The number of anilines is 1. The minimum atomic E-state index is -0.0151. The molecule has 0 saturated carbocycles. The Hall–Kier alpha value is -1.75. The van der Waals surface area contributed by atoms with Crippen LogP contribution in [0.2, 0.25) is 0 Å². The number of carbonyl (C=O) groups excluding carboxylic acids is 1. The van der Waals surface area contributed by atoms with E-state index in [0.29, 0.717) is 11.6 Å². The predicted molar refractivity (Wildman–Crippen MR) is 91.4 cm³/mol. The van der Waals surface area contributed by atoms with Crippen LogP contribution < -0.4 is 5.32 Å². The zero-order valence-corrected chi connectivity index (χ0v) is 14.5. The molecule has 1 aromatic carbocycles. The van der Waals surface area contributed by atoms with Crippen molar-refractivity contribution in [3.05, 3.63) is 40.4 Å².